The Kier molecular flexibility index (Phi) is 7.63. The van der Waals surface area contributed by atoms with E-state index in [2.05, 4.69) is 5.32 Å². The van der Waals surface area contributed by atoms with Crippen molar-refractivity contribution >= 4 is 22.8 Å². The van der Waals surface area contributed by atoms with E-state index in [1.807, 2.05) is 13.8 Å². The topological polar surface area (TPSA) is 103 Å². The molecule has 8 heteroatoms. The Labute approximate surface area is 204 Å². The minimum absolute atomic E-state index is 0.0206. The van der Waals surface area contributed by atoms with Crippen molar-refractivity contribution in [2.24, 2.45) is 11.7 Å². The van der Waals surface area contributed by atoms with E-state index in [1.54, 1.807) is 61.7 Å². The van der Waals surface area contributed by atoms with E-state index in [1.165, 1.54) is 6.07 Å². The zero-order chi connectivity index (χ0) is 25.9. The maximum atomic E-state index is 15.1. The number of carbonyl (C=O) groups is 2. The molecule has 0 saturated heterocycles. The number of hydrogen-bond acceptors (Lipinski definition) is 4. The van der Waals surface area contributed by atoms with Gasteiger partial charge in [-0.15, -0.1) is 0 Å². The van der Waals surface area contributed by atoms with Crippen LogP contribution in [0.1, 0.15) is 45.9 Å². The van der Waals surface area contributed by atoms with Gasteiger partial charge in [0.1, 0.15) is 11.4 Å². The number of carbonyl (C=O) groups excluding carboxylic acids is 2. The SMILES string of the molecule is CC(C)Cn1c(CNC(=O)OC(C)(C)C)c(-c2ccccc2F)c2cc(CC(N)=O)ccc2c1=O. The molecule has 2 amide bonds. The summed E-state index contributed by atoms with van der Waals surface area (Å²) in [7, 11) is 0. The molecule has 0 aliphatic rings. The van der Waals surface area contributed by atoms with Crippen LogP contribution in [-0.4, -0.2) is 22.2 Å². The van der Waals surface area contributed by atoms with E-state index < -0.39 is 23.4 Å². The molecule has 0 radical (unpaired) electrons. The summed E-state index contributed by atoms with van der Waals surface area (Å²) >= 11 is 0. The molecule has 0 fully saturated rings. The predicted octanol–water partition coefficient (Wildman–Crippen LogP) is 4.52. The van der Waals surface area contributed by atoms with Crippen LogP contribution in [0.15, 0.2) is 47.3 Å². The number of nitrogens with one attached hydrogen (secondary N) is 1. The van der Waals surface area contributed by atoms with Crippen LogP contribution in [0.4, 0.5) is 9.18 Å². The van der Waals surface area contributed by atoms with Crippen LogP contribution in [0.25, 0.3) is 21.9 Å². The summed E-state index contributed by atoms with van der Waals surface area (Å²) in [6.45, 7) is 9.51. The maximum Gasteiger partial charge on any atom is 0.407 e. The zero-order valence-electron chi connectivity index (χ0n) is 20.8. The maximum absolute atomic E-state index is 15.1. The Morgan fingerprint density at radius 2 is 1.80 bits per heavy atom. The normalized spacial score (nSPS) is 11.6. The third-order valence-corrected chi connectivity index (χ3v) is 5.31. The Morgan fingerprint density at radius 3 is 2.40 bits per heavy atom. The van der Waals surface area contributed by atoms with Crippen LogP contribution < -0.4 is 16.6 Å². The van der Waals surface area contributed by atoms with Gasteiger partial charge in [0.05, 0.1) is 13.0 Å². The van der Waals surface area contributed by atoms with E-state index in [0.717, 1.165) is 0 Å². The van der Waals surface area contributed by atoms with Crippen molar-refractivity contribution in [3.8, 4) is 11.1 Å². The third-order valence-electron chi connectivity index (χ3n) is 5.31. The summed E-state index contributed by atoms with van der Waals surface area (Å²) in [6.07, 6.45) is -0.671. The lowest BCUT2D eigenvalue weighted by atomic mass is 9.94. The van der Waals surface area contributed by atoms with Crippen LogP contribution >= 0.6 is 0 Å². The van der Waals surface area contributed by atoms with Crippen molar-refractivity contribution in [2.75, 3.05) is 0 Å². The number of ether oxygens (including phenoxy) is 1. The van der Waals surface area contributed by atoms with Gasteiger partial charge in [-0.05, 0) is 55.8 Å². The summed E-state index contributed by atoms with van der Waals surface area (Å²) in [5.74, 6) is -0.882. The fourth-order valence-corrected chi connectivity index (χ4v) is 4.03. The summed E-state index contributed by atoms with van der Waals surface area (Å²) in [6, 6.07) is 11.3. The minimum atomic E-state index is -0.705. The fourth-order valence-electron chi connectivity index (χ4n) is 4.03. The first-order chi connectivity index (χ1) is 16.4. The second-order valence-electron chi connectivity index (χ2n) is 9.99. The highest BCUT2D eigenvalue weighted by Crippen LogP contribution is 2.33. The molecular weight excluding hydrogens is 449 g/mol. The van der Waals surface area contributed by atoms with E-state index >= 15 is 4.39 Å². The van der Waals surface area contributed by atoms with Gasteiger partial charge in [-0.2, -0.15) is 0 Å². The highest BCUT2D eigenvalue weighted by atomic mass is 19.1. The molecule has 3 aromatic rings. The second-order valence-corrected chi connectivity index (χ2v) is 9.99. The van der Waals surface area contributed by atoms with Gasteiger partial charge in [0.25, 0.3) is 5.56 Å². The van der Waals surface area contributed by atoms with Crippen LogP contribution in [0, 0.1) is 11.7 Å². The summed E-state index contributed by atoms with van der Waals surface area (Å²) in [4.78, 5) is 37.6. The fraction of sp³-hybridized carbons (Fsp3) is 0.370. The molecule has 1 aromatic heterocycles. The van der Waals surface area contributed by atoms with Gasteiger partial charge in [0, 0.05) is 28.8 Å². The second kappa shape index (κ2) is 10.3. The van der Waals surface area contributed by atoms with Gasteiger partial charge >= 0.3 is 6.09 Å². The number of alkyl carbamates (subject to hydrolysis) is 1. The molecule has 35 heavy (non-hydrogen) atoms. The number of amides is 2. The number of nitrogens with zero attached hydrogens (tertiary/aromatic N) is 1. The van der Waals surface area contributed by atoms with E-state index in [9.17, 15) is 14.4 Å². The quantitative estimate of drug-likeness (QED) is 0.518. The molecule has 0 aliphatic heterocycles. The van der Waals surface area contributed by atoms with Gasteiger partial charge in [-0.3, -0.25) is 9.59 Å². The molecule has 3 N–H and O–H groups in total. The molecule has 7 nitrogen and oxygen atoms in total. The number of hydrogen-bond donors (Lipinski definition) is 2. The van der Waals surface area contributed by atoms with Crippen molar-refractivity contribution in [3.63, 3.8) is 0 Å². The van der Waals surface area contributed by atoms with Crippen molar-refractivity contribution in [1.82, 2.24) is 9.88 Å². The van der Waals surface area contributed by atoms with E-state index in [4.69, 9.17) is 10.5 Å². The van der Waals surface area contributed by atoms with Crippen LogP contribution in [0.3, 0.4) is 0 Å². The lowest BCUT2D eigenvalue weighted by Gasteiger charge is -2.24. The Balaban J connectivity index is 2.33. The molecule has 0 bridgehead atoms. The van der Waals surface area contributed by atoms with Gasteiger partial charge in [-0.1, -0.05) is 38.1 Å². The summed E-state index contributed by atoms with van der Waals surface area (Å²) in [5.41, 5.74) is 6.23. The number of rotatable bonds is 7. The van der Waals surface area contributed by atoms with Crippen LogP contribution in [0.2, 0.25) is 0 Å². The Hall–Kier alpha value is -3.68. The lowest BCUT2D eigenvalue weighted by Crippen LogP contribution is -2.35. The van der Waals surface area contributed by atoms with E-state index in [-0.39, 0.29) is 30.0 Å². The molecule has 2 aromatic carbocycles. The van der Waals surface area contributed by atoms with Crippen molar-refractivity contribution < 1.29 is 18.7 Å². The standard InChI is InChI=1S/C27H32FN3O4/c1-16(2)15-31-22(14-30-26(34)35-27(3,4)5)24(19-8-6-7-9-21(19)28)20-12-17(13-23(29)32)10-11-18(20)25(31)33/h6-12,16H,13-15H2,1-5H3,(H2,29,32)(H,30,34). The number of primary amides is 1. The smallest absolute Gasteiger partial charge is 0.407 e. The average Bonchev–Trinajstić information content (AvgIpc) is 2.73. The third kappa shape index (κ3) is 6.26. The van der Waals surface area contributed by atoms with Gasteiger partial charge < -0.3 is 20.4 Å². The van der Waals surface area contributed by atoms with Crippen molar-refractivity contribution in [2.45, 2.75) is 59.7 Å². The number of halogens is 1. The number of benzene rings is 2. The van der Waals surface area contributed by atoms with Crippen molar-refractivity contribution in [3.05, 3.63) is 69.9 Å². The molecule has 3 rings (SSSR count). The van der Waals surface area contributed by atoms with Crippen molar-refractivity contribution in [1.29, 1.82) is 0 Å². The molecule has 0 unspecified atom stereocenters. The molecule has 0 aliphatic carbocycles. The van der Waals surface area contributed by atoms with Crippen LogP contribution in [0.5, 0.6) is 0 Å². The highest BCUT2D eigenvalue weighted by Gasteiger charge is 2.23. The highest BCUT2D eigenvalue weighted by molar-refractivity contribution is 5.98. The summed E-state index contributed by atoms with van der Waals surface area (Å²) < 4.78 is 22.1. The minimum Gasteiger partial charge on any atom is -0.444 e. The monoisotopic (exact) mass is 481 g/mol. The molecule has 0 saturated carbocycles. The largest absolute Gasteiger partial charge is 0.444 e. The number of aromatic nitrogens is 1. The van der Waals surface area contributed by atoms with E-state index in [0.29, 0.717) is 34.1 Å². The lowest BCUT2D eigenvalue weighted by molar-refractivity contribution is -0.117. The number of pyridine rings is 1. The molecular formula is C27H32FN3O4. The molecule has 0 atom stereocenters. The Morgan fingerprint density at radius 1 is 1.11 bits per heavy atom. The zero-order valence-corrected chi connectivity index (χ0v) is 20.8. The first-order valence-electron chi connectivity index (χ1n) is 11.6. The first kappa shape index (κ1) is 25.9. The number of fused-ring (bicyclic) bond motifs is 1. The Bertz CT molecular complexity index is 1320. The summed E-state index contributed by atoms with van der Waals surface area (Å²) in [5, 5.41) is 3.59. The number of nitrogens with two attached hydrogens (primary N) is 1. The van der Waals surface area contributed by atoms with Crippen LogP contribution in [-0.2, 0) is 29.0 Å². The van der Waals surface area contributed by atoms with Gasteiger partial charge in [0.2, 0.25) is 5.91 Å². The molecule has 186 valence electrons. The van der Waals surface area contributed by atoms with Gasteiger partial charge in [0.15, 0.2) is 0 Å². The van der Waals surface area contributed by atoms with Gasteiger partial charge in [-0.25, -0.2) is 9.18 Å². The average molecular weight is 482 g/mol. The predicted molar refractivity (Wildman–Crippen MR) is 134 cm³/mol. The molecule has 1 heterocycles. The first-order valence-corrected chi connectivity index (χ1v) is 11.6. The molecule has 0 spiro atoms.